The number of aromatic hydroxyl groups is 1. The molecule has 0 saturated heterocycles. The first kappa shape index (κ1) is 14.1. The minimum absolute atomic E-state index is 0.00455. The first-order valence-corrected chi connectivity index (χ1v) is 6.32. The molecule has 0 radical (unpaired) electrons. The third kappa shape index (κ3) is 2.83. The molecular weight excluding hydrogens is 285 g/mol. The van der Waals surface area contributed by atoms with E-state index in [1.165, 1.54) is 19.2 Å². The van der Waals surface area contributed by atoms with Gasteiger partial charge in [0.1, 0.15) is 5.75 Å². The highest BCUT2D eigenvalue weighted by atomic mass is 32.2. The van der Waals surface area contributed by atoms with Crippen molar-refractivity contribution in [1.82, 2.24) is 0 Å². The predicted molar refractivity (Wildman–Crippen MR) is 71.8 cm³/mol. The number of nitrogens with zero attached hydrogens (tertiary/aromatic N) is 1. The minimum atomic E-state index is -0.805. The van der Waals surface area contributed by atoms with Gasteiger partial charge >= 0.3 is 0 Å². The van der Waals surface area contributed by atoms with Gasteiger partial charge in [-0.3, -0.25) is 10.1 Å². The van der Waals surface area contributed by atoms with Gasteiger partial charge in [0.2, 0.25) is 0 Å². The standard InChI is InChI=1S/C13H10FNO4S/c1-19-11-7-13(9(15(17)18)6-8(11)14)20-12-5-3-2-4-10(12)16/h2-7,16H,1H3. The van der Waals surface area contributed by atoms with Crippen molar-refractivity contribution >= 4 is 17.4 Å². The van der Waals surface area contributed by atoms with Crippen LogP contribution < -0.4 is 4.74 Å². The fourth-order valence-corrected chi connectivity index (χ4v) is 2.53. The Morgan fingerprint density at radius 3 is 2.60 bits per heavy atom. The second kappa shape index (κ2) is 5.79. The van der Waals surface area contributed by atoms with Gasteiger partial charge in [0.15, 0.2) is 11.6 Å². The highest BCUT2D eigenvalue weighted by molar-refractivity contribution is 7.99. The van der Waals surface area contributed by atoms with Crippen molar-refractivity contribution < 1.29 is 19.2 Å². The molecule has 0 amide bonds. The number of halogens is 1. The minimum Gasteiger partial charge on any atom is -0.507 e. The number of phenols is 1. The van der Waals surface area contributed by atoms with Crippen LogP contribution in [0.25, 0.3) is 0 Å². The molecule has 1 N–H and O–H groups in total. The fraction of sp³-hybridized carbons (Fsp3) is 0.0769. The lowest BCUT2D eigenvalue weighted by Crippen LogP contribution is -1.95. The SMILES string of the molecule is COc1cc(Sc2ccccc2O)c([N+](=O)[O-])cc1F. The molecule has 0 fully saturated rings. The van der Waals surface area contributed by atoms with Crippen molar-refractivity contribution in [2.24, 2.45) is 0 Å². The van der Waals surface area contributed by atoms with Crippen LogP contribution in [0.2, 0.25) is 0 Å². The average molecular weight is 295 g/mol. The average Bonchev–Trinajstić information content (AvgIpc) is 2.42. The van der Waals surface area contributed by atoms with E-state index in [4.69, 9.17) is 4.74 Å². The lowest BCUT2D eigenvalue weighted by molar-refractivity contribution is -0.387. The third-order valence-electron chi connectivity index (χ3n) is 2.52. The molecule has 0 unspecified atom stereocenters. The lowest BCUT2D eigenvalue weighted by Gasteiger charge is -2.08. The number of nitro groups is 1. The first-order valence-electron chi connectivity index (χ1n) is 5.50. The van der Waals surface area contributed by atoms with Crippen LogP contribution in [-0.4, -0.2) is 17.1 Å². The zero-order valence-electron chi connectivity index (χ0n) is 10.4. The largest absolute Gasteiger partial charge is 0.507 e. The maximum absolute atomic E-state index is 13.5. The number of phenolic OH excluding ortho intramolecular Hbond substituents is 1. The summed E-state index contributed by atoms with van der Waals surface area (Å²) in [5.74, 6) is -0.899. The Labute approximate surface area is 118 Å². The van der Waals surface area contributed by atoms with Crippen molar-refractivity contribution in [3.63, 3.8) is 0 Å². The van der Waals surface area contributed by atoms with Gasteiger partial charge in [-0.15, -0.1) is 0 Å². The zero-order chi connectivity index (χ0) is 14.7. The highest BCUT2D eigenvalue weighted by Crippen LogP contribution is 2.41. The molecule has 0 aliphatic carbocycles. The van der Waals surface area contributed by atoms with Crippen LogP contribution >= 0.6 is 11.8 Å². The number of hydrogen-bond acceptors (Lipinski definition) is 5. The monoisotopic (exact) mass is 295 g/mol. The molecule has 0 heterocycles. The molecule has 20 heavy (non-hydrogen) atoms. The Balaban J connectivity index is 2.49. The van der Waals surface area contributed by atoms with E-state index in [1.807, 2.05) is 0 Å². The van der Waals surface area contributed by atoms with Crippen molar-refractivity contribution in [3.8, 4) is 11.5 Å². The van der Waals surface area contributed by atoms with Crippen LogP contribution in [0.1, 0.15) is 0 Å². The maximum Gasteiger partial charge on any atom is 0.286 e. The molecule has 2 aromatic carbocycles. The Morgan fingerprint density at radius 2 is 2.00 bits per heavy atom. The van der Waals surface area contributed by atoms with Gasteiger partial charge in [-0.2, -0.15) is 0 Å². The summed E-state index contributed by atoms with van der Waals surface area (Å²) in [6, 6.07) is 8.45. The number of benzene rings is 2. The molecule has 2 aromatic rings. The quantitative estimate of drug-likeness (QED) is 0.689. The summed E-state index contributed by atoms with van der Waals surface area (Å²) in [7, 11) is 1.28. The van der Waals surface area contributed by atoms with E-state index in [-0.39, 0.29) is 22.1 Å². The summed E-state index contributed by atoms with van der Waals surface area (Å²) < 4.78 is 18.3. The van der Waals surface area contributed by atoms with E-state index in [1.54, 1.807) is 18.2 Å². The second-order valence-electron chi connectivity index (χ2n) is 3.78. The third-order valence-corrected chi connectivity index (χ3v) is 3.63. The summed E-state index contributed by atoms with van der Waals surface area (Å²) in [4.78, 5) is 10.9. The molecule has 0 aliphatic rings. The number of methoxy groups -OCH3 is 1. The molecular formula is C13H10FNO4S. The van der Waals surface area contributed by atoms with Crippen molar-refractivity contribution in [3.05, 3.63) is 52.3 Å². The molecule has 0 atom stereocenters. The Hall–Kier alpha value is -2.28. The lowest BCUT2D eigenvalue weighted by atomic mass is 10.3. The topological polar surface area (TPSA) is 72.6 Å². The first-order chi connectivity index (χ1) is 9.52. The van der Waals surface area contributed by atoms with Gasteiger partial charge in [-0.05, 0) is 12.1 Å². The van der Waals surface area contributed by atoms with E-state index in [0.717, 1.165) is 17.8 Å². The number of rotatable bonds is 4. The summed E-state index contributed by atoms with van der Waals surface area (Å²) in [6.07, 6.45) is 0. The zero-order valence-corrected chi connectivity index (χ0v) is 11.2. The summed E-state index contributed by atoms with van der Waals surface area (Å²) in [5.41, 5.74) is -0.378. The molecule has 7 heteroatoms. The van der Waals surface area contributed by atoms with E-state index in [0.29, 0.717) is 4.90 Å². The van der Waals surface area contributed by atoms with Crippen molar-refractivity contribution in [2.45, 2.75) is 9.79 Å². The molecule has 0 aromatic heterocycles. The highest BCUT2D eigenvalue weighted by Gasteiger charge is 2.20. The van der Waals surface area contributed by atoms with Gasteiger partial charge in [-0.25, -0.2) is 4.39 Å². The Morgan fingerprint density at radius 1 is 1.30 bits per heavy atom. The molecule has 2 rings (SSSR count). The van der Waals surface area contributed by atoms with Gasteiger partial charge in [0, 0.05) is 6.07 Å². The van der Waals surface area contributed by atoms with Crippen LogP contribution in [0.15, 0.2) is 46.2 Å². The van der Waals surface area contributed by atoms with E-state index < -0.39 is 10.7 Å². The number of hydrogen-bond donors (Lipinski definition) is 1. The summed E-state index contributed by atoms with van der Waals surface area (Å²) in [5, 5.41) is 20.7. The molecule has 5 nitrogen and oxygen atoms in total. The van der Waals surface area contributed by atoms with Gasteiger partial charge < -0.3 is 9.84 Å². The Kier molecular flexibility index (Phi) is 4.09. The van der Waals surface area contributed by atoms with Gasteiger partial charge in [-0.1, -0.05) is 23.9 Å². The molecule has 0 saturated carbocycles. The number of nitro benzene ring substituents is 1. The van der Waals surface area contributed by atoms with Crippen LogP contribution in [0.5, 0.6) is 11.5 Å². The van der Waals surface area contributed by atoms with Crippen LogP contribution in [0, 0.1) is 15.9 Å². The smallest absolute Gasteiger partial charge is 0.286 e. The predicted octanol–water partition coefficient (Wildman–Crippen LogP) is 3.60. The van der Waals surface area contributed by atoms with Crippen molar-refractivity contribution in [1.29, 1.82) is 0 Å². The van der Waals surface area contributed by atoms with Gasteiger partial charge in [0.25, 0.3) is 5.69 Å². The second-order valence-corrected chi connectivity index (χ2v) is 4.87. The van der Waals surface area contributed by atoms with E-state index in [2.05, 4.69) is 0 Å². The summed E-state index contributed by atoms with van der Waals surface area (Å²) in [6.45, 7) is 0. The molecule has 0 spiro atoms. The number of para-hydroxylation sites is 1. The molecule has 0 aliphatic heterocycles. The molecule has 0 bridgehead atoms. The van der Waals surface area contributed by atoms with Crippen LogP contribution in [0.3, 0.4) is 0 Å². The Bertz CT molecular complexity index is 663. The fourth-order valence-electron chi connectivity index (χ4n) is 1.57. The van der Waals surface area contributed by atoms with Gasteiger partial charge in [0.05, 0.1) is 27.9 Å². The normalized spacial score (nSPS) is 10.3. The number of ether oxygens (including phenoxy) is 1. The van der Waals surface area contributed by atoms with Crippen molar-refractivity contribution in [2.75, 3.05) is 7.11 Å². The van der Waals surface area contributed by atoms with Crippen LogP contribution in [0.4, 0.5) is 10.1 Å². The maximum atomic E-state index is 13.5. The van der Waals surface area contributed by atoms with Crippen LogP contribution in [-0.2, 0) is 0 Å². The molecule has 104 valence electrons. The van der Waals surface area contributed by atoms with E-state index >= 15 is 0 Å². The van der Waals surface area contributed by atoms with E-state index in [9.17, 15) is 19.6 Å². The summed E-state index contributed by atoms with van der Waals surface area (Å²) >= 11 is 0.969.